The van der Waals surface area contributed by atoms with Gasteiger partial charge in [0, 0.05) is 34.4 Å². The average Bonchev–Trinajstić information content (AvgIpc) is 2.56. The van der Waals surface area contributed by atoms with Crippen LogP contribution in [0.15, 0.2) is 24.5 Å². The van der Waals surface area contributed by atoms with Crippen molar-refractivity contribution in [1.29, 1.82) is 0 Å². The fourth-order valence-corrected chi connectivity index (χ4v) is 3.34. The van der Waals surface area contributed by atoms with Gasteiger partial charge < -0.3 is 10.6 Å². The summed E-state index contributed by atoms with van der Waals surface area (Å²) in [7, 11) is 0. The fraction of sp³-hybridized carbons (Fsp3) is 0.450. The van der Waals surface area contributed by atoms with Crippen molar-refractivity contribution in [2.75, 3.05) is 5.32 Å². The topological polar surface area (TPSA) is 66.9 Å². The fourth-order valence-electron chi connectivity index (χ4n) is 3.12. The highest BCUT2D eigenvalue weighted by atomic mass is 35.5. The average molecular weight is 373 g/mol. The quantitative estimate of drug-likeness (QED) is 0.823. The van der Waals surface area contributed by atoms with Crippen molar-refractivity contribution in [3.8, 4) is 0 Å². The molecule has 1 heterocycles. The summed E-state index contributed by atoms with van der Waals surface area (Å²) in [6.45, 7) is 8.05. The third-order valence-corrected chi connectivity index (χ3v) is 5.26. The van der Waals surface area contributed by atoms with E-state index in [1.807, 2.05) is 32.0 Å². The second kappa shape index (κ2) is 7.62. The van der Waals surface area contributed by atoms with Crippen LogP contribution in [0.1, 0.15) is 59.8 Å². The van der Waals surface area contributed by atoms with E-state index in [2.05, 4.69) is 34.4 Å². The lowest BCUT2D eigenvalue weighted by Gasteiger charge is -2.36. The number of carbonyl (C=O) groups is 1. The summed E-state index contributed by atoms with van der Waals surface area (Å²) in [6, 6.07) is 6.20. The van der Waals surface area contributed by atoms with Crippen LogP contribution in [0.25, 0.3) is 0 Å². The minimum atomic E-state index is -0.0325. The molecule has 0 radical (unpaired) electrons. The van der Waals surface area contributed by atoms with Crippen molar-refractivity contribution < 1.29 is 4.79 Å². The second-order valence-corrected chi connectivity index (χ2v) is 7.79. The molecule has 3 rings (SSSR count). The van der Waals surface area contributed by atoms with Gasteiger partial charge in [-0.1, -0.05) is 25.4 Å². The molecular weight excluding hydrogens is 348 g/mol. The van der Waals surface area contributed by atoms with Crippen LogP contribution in [0.5, 0.6) is 0 Å². The molecule has 138 valence electrons. The molecule has 5 nitrogen and oxygen atoms in total. The van der Waals surface area contributed by atoms with Gasteiger partial charge in [0.1, 0.15) is 12.1 Å². The van der Waals surface area contributed by atoms with E-state index in [9.17, 15) is 4.79 Å². The molecule has 0 atom stereocenters. The number of carbonyl (C=O) groups excluding carboxylic acids is 1. The summed E-state index contributed by atoms with van der Waals surface area (Å²) >= 11 is 6.11. The Morgan fingerprint density at radius 3 is 2.54 bits per heavy atom. The van der Waals surface area contributed by atoms with E-state index in [0.717, 1.165) is 35.5 Å². The number of nitrogens with one attached hydrogen (secondary N) is 2. The number of rotatable bonds is 5. The first-order chi connectivity index (χ1) is 12.3. The van der Waals surface area contributed by atoms with E-state index in [4.69, 9.17) is 11.6 Å². The molecule has 1 fully saturated rings. The van der Waals surface area contributed by atoms with Crippen LogP contribution in [0, 0.1) is 13.8 Å². The first-order valence-corrected chi connectivity index (χ1v) is 9.37. The number of nitrogens with zero attached hydrogens (tertiary/aromatic N) is 2. The summed E-state index contributed by atoms with van der Waals surface area (Å²) in [4.78, 5) is 21.1. The van der Waals surface area contributed by atoms with Crippen molar-refractivity contribution in [3.63, 3.8) is 0 Å². The van der Waals surface area contributed by atoms with Gasteiger partial charge >= 0.3 is 0 Å². The Morgan fingerprint density at radius 2 is 1.85 bits per heavy atom. The molecule has 1 saturated carbocycles. The number of benzene rings is 1. The van der Waals surface area contributed by atoms with Crippen molar-refractivity contribution >= 4 is 23.3 Å². The van der Waals surface area contributed by atoms with Gasteiger partial charge in [0.25, 0.3) is 5.91 Å². The largest absolute Gasteiger partial charge is 0.367 e. The summed E-state index contributed by atoms with van der Waals surface area (Å²) in [6.07, 6.45) is 3.37. The van der Waals surface area contributed by atoms with Crippen LogP contribution in [0.3, 0.4) is 0 Å². The number of amides is 1. The normalized spacial score (nSPS) is 19.2. The molecule has 2 N–H and O–H groups in total. The Hall–Kier alpha value is -2.14. The Labute approximate surface area is 159 Å². The van der Waals surface area contributed by atoms with Crippen molar-refractivity contribution in [2.24, 2.45) is 0 Å². The van der Waals surface area contributed by atoms with E-state index < -0.39 is 0 Å². The van der Waals surface area contributed by atoms with E-state index in [0.29, 0.717) is 22.5 Å². The predicted molar refractivity (Wildman–Crippen MR) is 105 cm³/mol. The lowest BCUT2D eigenvalue weighted by atomic mass is 9.86. The molecule has 0 spiro atoms. The molecule has 1 aromatic heterocycles. The zero-order valence-electron chi connectivity index (χ0n) is 15.6. The zero-order chi connectivity index (χ0) is 18.8. The van der Waals surface area contributed by atoms with Crippen LogP contribution >= 0.6 is 11.6 Å². The lowest BCUT2D eigenvalue weighted by Crippen LogP contribution is -2.49. The molecular formula is C20H25ClN4O. The van der Waals surface area contributed by atoms with Gasteiger partial charge in [-0.05, 0) is 55.9 Å². The van der Waals surface area contributed by atoms with Gasteiger partial charge in [-0.15, -0.1) is 0 Å². The molecule has 0 bridgehead atoms. The molecule has 0 unspecified atom stereocenters. The van der Waals surface area contributed by atoms with E-state index in [-0.39, 0.29) is 11.9 Å². The summed E-state index contributed by atoms with van der Waals surface area (Å²) < 4.78 is 0. The molecule has 6 heteroatoms. The van der Waals surface area contributed by atoms with Gasteiger partial charge in [-0.3, -0.25) is 4.79 Å². The van der Waals surface area contributed by atoms with Gasteiger partial charge in [-0.25, -0.2) is 9.97 Å². The summed E-state index contributed by atoms with van der Waals surface area (Å²) in [5, 5.41) is 7.23. The highest BCUT2D eigenvalue weighted by Crippen LogP contribution is 2.26. The number of hydrogen-bond acceptors (Lipinski definition) is 4. The Kier molecular flexibility index (Phi) is 5.47. The maximum Gasteiger partial charge on any atom is 0.251 e. The van der Waals surface area contributed by atoms with Gasteiger partial charge in [0.15, 0.2) is 0 Å². The number of hydrogen-bond donors (Lipinski definition) is 2. The van der Waals surface area contributed by atoms with E-state index >= 15 is 0 Å². The minimum absolute atomic E-state index is 0.0325. The minimum Gasteiger partial charge on any atom is -0.367 e. The van der Waals surface area contributed by atoms with Crippen LogP contribution in [0.2, 0.25) is 5.02 Å². The van der Waals surface area contributed by atoms with Gasteiger partial charge in [0.2, 0.25) is 0 Å². The van der Waals surface area contributed by atoms with Crippen LogP contribution < -0.4 is 10.6 Å². The standard InChI is InChI=1S/C20H25ClN4O/c1-11(2)18-9-19(23-10-22-18)24-14-7-15(8-14)25-20(26)16-5-13(4)17(21)6-12(16)3/h5-6,9-11,14-15H,7-8H2,1-4H3,(H,25,26)(H,22,23,24). The molecule has 1 amide bonds. The predicted octanol–water partition coefficient (Wildman–Crippen LogP) is 4.24. The SMILES string of the molecule is Cc1cc(C(=O)NC2CC(Nc3cc(C(C)C)ncn3)C2)c(C)cc1Cl. The molecule has 0 aliphatic heterocycles. The monoisotopic (exact) mass is 372 g/mol. The molecule has 0 saturated heterocycles. The molecule has 1 aliphatic carbocycles. The number of aromatic nitrogens is 2. The maximum atomic E-state index is 12.5. The second-order valence-electron chi connectivity index (χ2n) is 7.38. The lowest BCUT2D eigenvalue weighted by molar-refractivity contribution is 0.0912. The van der Waals surface area contributed by atoms with Gasteiger partial charge in [0.05, 0.1) is 0 Å². The van der Waals surface area contributed by atoms with E-state index in [1.165, 1.54) is 0 Å². The number of aryl methyl sites for hydroxylation is 2. The Balaban J connectivity index is 1.53. The Bertz CT molecular complexity index is 815. The van der Waals surface area contributed by atoms with Crippen molar-refractivity contribution in [1.82, 2.24) is 15.3 Å². The van der Waals surface area contributed by atoms with Gasteiger partial charge in [-0.2, -0.15) is 0 Å². The summed E-state index contributed by atoms with van der Waals surface area (Å²) in [5.74, 6) is 1.19. The third-order valence-electron chi connectivity index (χ3n) is 4.86. The van der Waals surface area contributed by atoms with E-state index in [1.54, 1.807) is 6.33 Å². The summed E-state index contributed by atoms with van der Waals surface area (Å²) in [5.41, 5.74) is 3.54. The third kappa shape index (κ3) is 4.15. The molecule has 2 aromatic rings. The van der Waals surface area contributed by atoms with Crippen LogP contribution in [-0.2, 0) is 0 Å². The highest BCUT2D eigenvalue weighted by molar-refractivity contribution is 6.31. The number of halogens is 1. The zero-order valence-corrected chi connectivity index (χ0v) is 16.4. The first kappa shape index (κ1) is 18.6. The maximum absolute atomic E-state index is 12.5. The van der Waals surface area contributed by atoms with Crippen molar-refractivity contribution in [2.45, 2.75) is 58.5 Å². The molecule has 1 aromatic carbocycles. The van der Waals surface area contributed by atoms with Crippen LogP contribution in [-0.4, -0.2) is 28.0 Å². The Morgan fingerprint density at radius 1 is 1.12 bits per heavy atom. The smallest absolute Gasteiger partial charge is 0.251 e. The molecule has 1 aliphatic rings. The van der Waals surface area contributed by atoms with Crippen molar-refractivity contribution in [3.05, 3.63) is 51.9 Å². The number of anilines is 1. The van der Waals surface area contributed by atoms with Crippen LogP contribution in [0.4, 0.5) is 5.82 Å². The highest BCUT2D eigenvalue weighted by Gasteiger charge is 2.31. The molecule has 26 heavy (non-hydrogen) atoms. The first-order valence-electron chi connectivity index (χ1n) is 8.99.